The Morgan fingerprint density at radius 1 is 1.39 bits per heavy atom. The first-order chi connectivity index (χ1) is 11.1. The van der Waals surface area contributed by atoms with Gasteiger partial charge in [0, 0.05) is 10.4 Å². The van der Waals surface area contributed by atoms with E-state index in [0.717, 1.165) is 21.6 Å². The van der Waals surface area contributed by atoms with Gasteiger partial charge >= 0.3 is 0 Å². The number of thiophene rings is 1. The Balaban J connectivity index is 1.88. The molecule has 0 saturated carbocycles. The van der Waals surface area contributed by atoms with Gasteiger partial charge in [0.05, 0.1) is 24.2 Å². The van der Waals surface area contributed by atoms with E-state index in [2.05, 4.69) is 23.3 Å². The highest BCUT2D eigenvalue weighted by atomic mass is 32.1. The van der Waals surface area contributed by atoms with Crippen molar-refractivity contribution in [1.29, 1.82) is 0 Å². The summed E-state index contributed by atoms with van der Waals surface area (Å²) < 4.78 is 5.18. The van der Waals surface area contributed by atoms with E-state index in [1.54, 1.807) is 18.4 Å². The van der Waals surface area contributed by atoms with Gasteiger partial charge in [0.1, 0.15) is 5.76 Å². The fourth-order valence-corrected chi connectivity index (χ4v) is 3.42. The van der Waals surface area contributed by atoms with Crippen LogP contribution in [0.2, 0.25) is 0 Å². The lowest BCUT2D eigenvalue weighted by Gasteiger charge is -2.06. The number of methoxy groups -OCH3 is 1. The Kier molecular flexibility index (Phi) is 4.41. The summed E-state index contributed by atoms with van der Waals surface area (Å²) >= 11 is 6.62. The van der Waals surface area contributed by atoms with Crippen LogP contribution in [0.25, 0.3) is 23.0 Å². The van der Waals surface area contributed by atoms with E-state index < -0.39 is 0 Å². The molecule has 1 aromatic heterocycles. The third-order valence-electron chi connectivity index (χ3n) is 3.57. The SMILES string of the molecule is C=C(OC)c1cccc(-c2csc(C=C3NC(=S)CC3=O)c2)c1. The molecule has 0 aliphatic carbocycles. The van der Waals surface area contributed by atoms with Crippen molar-refractivity contribution in [3.63, 3.8) is 0 Å². The van der Waals surface area contributed by atoms with Crippen LogP contribution in [-0.2, 0) is 9.53 Å². The van der Waals surface area contributed by atoms with Crippen molar-refractivity contribution in [1.82, 2.24) is 5.32 Å². The van der Waals surface area contributed by atoms with Crippen molar-refractivity contribution in [3.8, 4) is 11.1 Å². The predicted octanol–water partition coefficient (Wildman–Crippen LogP) is 4.26. The Hall–Kier alpha value is -2.24. The summed E-state index contributed by atoms with van der Waals surface area (Å²) in [4.78, 5) is 13.4. The van der Waals surface area contributed by atoms with Crippen LogP contribution >= 0.6 is 23.6 Å². The smallest absolute Gasteiger partial charge is 0.185 e. The molecule has 0 atom stereocenters. The number of rotatable bonds is 4. The number of carbonyl (C=O) groups is 1. The Labute approximate surface area is 144 Å². The molecule has 1 aliphatic heterocycles. The molecule has 5 heteroatoms. The van der Waals surface area contributed by atoms with Crippen molar-refractivity contribution in [2.75, 3.05) is 7.11 Å². The van der Waals surface area contributed by atoms with Crippen molar-refractivity contribution in [2.45, 2.75) is 6.42 Å². The Morgan fingerprint density at radius 2 is 2.22 bits per heavy atom. The molecule has 116 valence electrons. The first-order valence-electron chi connectivity index (χ1n) is 7.04. The minimum Gasteiger partial charge on any atom is -0.497 e. The number of allylic oxidation sites excluding steroid dienone is 1. The van der Waals surface area contributed by atoms with Gasteiger partial charge in [-0.1, -0.05) is 37.0 Å². The fourth-order valence-electron chi connectivity index (χ4n) is 2.33. The average Bonchev–Trinajstić information content (AvgIpc) is 3.14. The zero-order valence-corrected chi connectivity index (χ0v) is 14.2. The summed E-state index contributed by atoms with van der Waals surface area (Å²) in [6.07, 6.45) is 2.16. The molecular weight excluding hydrogens is 326 g/mol. The van der Waals surface area contributed by atoms with Gasteiger partial charge < -0.3 is 10.1 Å². The summed E-state index contributed by atoms with van der Waals surface area (Å²) in [5.41, 5.74) is 3.71. The number of Topliss-reactive ketones (excluding diaryl/α,β-unsaturated/α-hetero) is 1. The lowest BCUT2D eigenvalue weighted by Crippen LogP contribution is -2.10. The van der Waals surface area contributed by atoms with Gasteiger partial charge in [0.15, 0.2) is 5.78 Å². The largest absolute Gasteiger partial charge is 0.497 e. The van der Waals surface area contributed by atoms with E-state index in [0.29, 0.717) is 22.9 Å². The Morgan fingerprint density at radius 3 is 2.91 bits per heavy atom. The topological polar surface area (TPSA) is 38.3 Å². The van der Waals surface area contributed by atoms with E-state index in [-0.39, 0.29) is 5.78 Å². The quantitative estimate of drug-likeness (QED) is 0.512. The van der Waals surface area contributed by atoms with E-state index >= 15 is 0 Å². The van der Waals surface area contributed by atoms with Crippen LogP contribution in [-0.4, -0.2) is 17.9 Å². The highest BCUT2D eigenvalue weighted by molar-refractivity contribution is 7.80. The lowest BCUT2D eigenvalue weighted by molar-refractivity contribution is -0.113. The predicted molar refractivity (Wildman–Crippen MR) is 99.1 cm³/mol. The number of hydrogen-bond donors (Lipinski definition) is 1. The molecule has 0 radical (unpaired) electrons. The van der Waals surface area contributed by atoms with Gasteiger partial charge in [-0.15, -0.1) is 11.3 Å². The van der Waals surface area contributed by atoms with Crippen LogP contribution < -0.4 is 5.32 Å². The average molecular weight is 341 g/mol. The maximum atomic E-state index is 11.8. The maximum absolute atomic E-state index is 11.8. The second kappa shape index (κ2) is 6.48. The normalized spacial score (nSPS) is 15.8. The molecule has 0 spiro atoms. The minimum absolute atomic E-state index is 0.0448. The van der Waals surface area contributed by atoms with Gasteiger partial charge in [0.2, 0.25) is 0 Å². The molecule has 2 heterocycles. The molecule has 2 aromatic rings. The number of ketones is 1. The van der Waals surface area contributed by atoms with Crippen LogP contribution in [0.4, 0.5) is 0 Å². The number of hydrogen-bond acceptors (Lipinski definition) is 4. The van der Waals surface area contributed by atoms with Crippen LogP contribution in [0.15, 0.2) is 48.0 Å². The first kappa shape index (κ1) is 15.6. The molecular formula is C18H15NO2S2. The van der Waals surface area contributed by atoms with Crippen LogP contribution in [0, 0.1) is 0 Å². The van der Waals surface area contributed by atoms with E-state index in [1.807, 2.05) is 30.3 Å². The number of carbonyl (C=O) groups excluding carboxylic acids is 1. The molecule has 0 amide bonds. The molecule has 3 rings (SSSR count). The van der Waals surface area contributed by atoms with Crippen molar-refractivity contribution in [2.24, 2.45) is 0 Å². The molecule has 0 bridgehead atoms. The van der Waals surface area contributed by atoms with E-state index in [1.165, 1.54) is 0 Å². The van der Waals surface area contributed by atoms with Gasteiger partial charge in [0.25, 0.3) is 0 Å². The lowest BCUT2D eigenvalue weighted by atomic mass is 10.0. The zero-order chi connectivity index (χ0) is 16.4. The number of nitrogens with one attached hydrogen (secondary N) is 1. The van der Waals surface area contributed by atoms with Crippen molar-refractivity contribution < 1.29 is 9.53 Å². The fraction of sp³-hybridized carbons (Fsp3) is 0.111. The third-order valence-corrected chi connectivity index (χ3v) is 4.69. The highest BCUT2D eigenvalue weighted by Gasteiger charge is 2.21. The number of thiocarbonyl (C=S) groups is 1. The van der Waals surface area contributed by atoms with Crippen LogP contribution in [0.3, 0.4) is 0 Å². The summed E-state index contributed by atoms with van der Waals surface area (Å²) in [7, 11) is 1.61. The van der Waals surface area contributed by atoms with Crippen LogP contribution in [0.1, 0.15) is 16.9 Å². The zero-order valence-electron chi connectivity index (χ0n) is 12.6. The number of benzene rings is 1. The molecule has 1 aromatic carbocycles. The van der Waals surface area contributed by atoms with Crippen LogP contribution in [0.5, 0.6) is 0 Å². The van der Waals surface area contributed by atoms with E-state index in [4.69, 9.17) is 17.0 Å². The maximum Gasteiger partial charge on any atom is 0.185 e. The minimum atomic E-state index is 0.0448. The summed E-state index contributed by atoms with van der Waals surface area (Å²) in [5.74, 6) is 0.682. The molecule has 1 saturated heterocycles. The van der Waals surface area contributed by atoms with Gasteiger partial charge in [-0.2, -0.15) is 0 Å². The number of ether oxygens (including phenoxy) is 1. The van der Waals surface area contributed by atoms with Crippen molar-refractivity contribution >= 4 is 46.2 Å². The molecule has 23 heavy (non-hydrogen) atoms. The third kappa shape index (κ3) is 3.41. The monoisotopic (exact) mass is 341 g/mol. The second-order valence-corrected chi connectivity index (χ2v) is 6.59. The summed E-state index contributed by atoms with van der Waals surface area (Å²) in [6.45, 7) is 3.88. The first-order valence-corrected chi connectivity index (χ1v) is 8.32. The van der Waals surface area contributed by atoms with Crippen molar-refractivity contribution in [3.05, 3.63) is 58.4 Å². The van der Waals surface area contributed by atoms with E-state index in [9.17, 15) is 4.79 Å². The molecule has 3 nitrogen and oxygen atoms in total. The van der Waals surface area contributed by atoms with Gasteiger partial charge in [-0.05, 0) is 34.7 Å². The summed E-state index contributed by atoms with van der Waals surface area (Å²) in [5, 5.41) is 5.02. The van der Waals surface area contributed by atoms with Gasteiger partial charge in [-0.25, -0.2) is 0 Å². The molecule has 0 unspecified atom stereocenters. The second-order valence-electron chi connectivity index (χ2n) is 5.15. The highest BCUT2D eigenvalue weighted by Crippen LogP contribution is 2.29. The molecule has 1 N–H and O–H groups in total. The standard InChI is InChI=1S/C18H15NO2S2/c1-11(21-2)12-4-3-5-13(6-12)14-7-15(23-10-14)8-16-17(20)9-18(22)19-16/h3-8,10H,1,9H2,2H3,(H,19,22). The molecule has 1 aliphatic rings. The van der Waals surface area contributed by atoms with Gasteiger partial charge in [-0.3, -0.25) is 4.79 Å². The molecule has 1 fully saturated rings. The Bertz CT molecular complexity index is 833. The summed E-state index contributed by atoms with van der Waals surface area (Å²) in [6, 6.07) is 10.1.